The summed E-state index contributed by atoms with van der Waals surface area (Å²) in [4.78, 5) is 4.66. The van der Waals surface area contributed by atoms with Crippen LogP contribution < -0.4 is 5.32 Å². The summed E-state index contributed by atoms with van der Waals surface area (Å²) in [6.45, 7) is 7.37. The maximum absolute atomic E-state index is 5.37. The quantitative estimate of drug-likeness (QED) is 0.839. The van der Waals surface area contributed by atoms with Crippen LogP contribution in [0.5, 0.6) is 0 Å². The Hall–Kier alpha value is -0.220. The number of nitrogens with zero attached hydrogens (tertiary/aromatic N) is 1. The van der Waals surface area contributed by atoms with Crippen molar-refractivity contribution in [2.45, 2.75) is 50.8 Å². The summed E-state index contributed by atoms with van der Waals surface area (Å²) in [5.41, 5.74) is 0. The van der Waals surface area contributed by atoms with Gasteiger partial charge in [0.25, 0.3) is 0 Å². The van der Waals surface area contributed by atoms with Crippen LogP contribution in [0.2, 0.25) is 0 Å². The van der Waals surface area contributed by atoms with Gasteiger partial charge in [-0.05, 0) is 18.8 Å². The largest absolute Gasteiger partial charge is 0.381 e. The number of ether oxygens (including phenoxy) is 1. The molecule has 2 aliphatic rings. The SMILES string of the molecule is CCC(CC)C1CN=C(NC2CCOCC2)S1. The molecule has 0 saturated carbocycles. The molecule has 0 spiro atoms. The highest BCUT2D eigenvalue weighted by Crippen LogP contribution is 2.30. The summed E-state index contributed by atoms with van der Waals surface area (Å²) in [6, 6.07) is 0.579. The normalized spacial score (nSPS) is 26.3. The fourth-order valence-corrected chi connectivity index (χ4v) is 3.94. The molecule has 0 aromatic heterocycles. The zero-order valence-electron chi connectivity index (χ0n) is 10.9. The number of hydrogen-bond acceptors (Lipinski definition) is 4. The van der Waals surface area contributed by atoms with Crippen LogP contribution in [0.25, 0.3) is 0 Å². The van der Waals surface area contributed by atoms with Crippen LogP contribution in [-0.2, 0) is 4.74 Å². The van der Waals surface area contributed by atoms with Crippen LogP contribution in [0.3, 0.4) is 0 Å². The molecular weight excluding hydrogens is 232 g/mol. The van der Waals surface area contributed by atoms with E-state index in [0.717, 1.165) is 38.5 Å². The van der Waals surface area contributed by atoms with Crippen LogP contribution in [-0.4, -0.2) is 36.2 Å². The van der Waals surface area contributed by atoms with Crippen molar-refractivity contribution < 1.29 is 4.74 Å². The fraction of sp³-hybridized carbons (Fsp3) is 0.923. The molecule has 2 aliphatic heterocycles. The molecule has 0 radical (unpaired) electrons. The Bertz CT molecular complexity index is 260. The number of hydrogen-bond donors (Lipinski definition) is 1. The molecule has 0 bridgehead atoms. The van der Waals surface area contributed by atoms with Crippen molar-refractivity contribution in [1.29, 1.82) is 0 Å². The molecule has 0 amide bonds. The molecule has 0 aromatic carbocycles. The molecule has 2 rings (SSSR count). The third kappa shape index (κ3) is 3.62. The highest BCUT2D eigenvalue weighted by molar-refractivity contribution is 8.14. The minimum atomic E-state index is 0.579. The molecule has 98 valence electrons. The lowest BCUT2D eigenvalue weighted by molar-refractivity contribution is 0.0826. The molecule has 0 aliphatic carbocycles. The number of nitrogens with one attached hydrogen (secondary N) is 1. The zero-order valence-corrected chi connectivity index (χ0v) is 11.8. The van der Waals surface area contributed by atoms with Gasteiger partial charge in [-0.1, -0.05) is 38.5 Å². The van der Waals surface area contributed by atoms with Gasteiger partial charge < -0.3 is 10.1 Å². The lowest BCUT2D eigenvalue weighted by Gasteiger charge is -2.24. The van der Waals surface area contributed by atoms with E-state index in [2.05, 4.69) is 24.2 Å². The van der Waals surface area contributed by atoms with Crippen molar-refractivity contribution in [3.8, 4) is 0 Å². The maximum Gasteiger partial charge on any atom is 0.157 e. The van der Waals surface area contributed by atoms with Crippen LogP contribution in [0.4, 0.5) is 0 Å². The van der Waals surface area contributed by atoms with Crippen LogP contribution in [0.15, 0.2) is 4.99 Å². The Balaban J connectivity index is 1.76. The summed E-state index contributed by atoms with van der Waals surface area (Å²) in [5, 5.41) is 5.46. The van der Waals surface area contributed by atoms with Crippen LogP contribution >= 0.6 is 11.8 Å². The van der Waals surface area contributed by atoms with Gasteiger partial charge in [-0.2, -0.15) is 0 Å². The van der Waals surface area contributed by atoms with Gasteiger partial charge in [-0.15, -0.1) is 0 Å². The maximum atomic E-state index is 5.37. The second kappa shape index (κ2) is 6.64. The van der Waals surface area contributed by atoms with Crippen molar-refractivity contribution >= 4 is 16.9 Å². The number of amidine groups is 1. The monoisotopic (exact) mass is 256 g/mol. The van der Waals surface area contributed by atoms with Gasteiger partial charge in [-0.3, -0.25) is 4.99 Å². The van der Waals surface area contributed by atoms with E-state index in [4.69, 9.17) is 4.74 Å². The molecule has 1 N–H and O–H groups in total. The third-order valence-corrected chi connectivity index (χ3v) is 5.11. The van der Waals surface area contributed by atoms with Gasteiger partial charge in [0, 0.05) is 24.5 Å². The van der Waals surface area contributed by atoms with Gasteiger partial charge in [0.05, 0.1) is 6.54 Å². The van der Waals surface area contributed by atoms with Crippen molar-refractivity contribution in [1.82, 2.24) is 5.32 Å². The molecule has 1 saturated heterocycles. The first-order chi connectivity index (χ1) is 8.33. The van der Waals surface area contributed by atoms with E-state index >= 15 is 0 Å². The average Bonchev–Trinajstić information content (AvgIpc) is 2.81. The molecule has 17 heavy (non-hydrogen) atoms. The van der Waals surface area contributed by atoms with Crippen LogP contribution in [0.1, 0.15) is 39.5 Å². The lowest BCUT2D eigenvalue weighted by Crippen LogP contribution is -2.37. The predicted octanol–water partition coefficient (Wildman–Crippen LogP) is 2.66. The minimum absolute atomic E-state index is 0.579. The highest BCUT2D eigenvalue weighted by Gasteiger charge is 2.27. The molecule has 2 heterocycles. The van der Waals surface area contributed by atoms with Gasteiger partial charge in [0.2, 0.25) is 0 Å². The first kappa shape index (κ1) is 13.2. The van der Waals surface area contributed by atoms with E-state index in [1.807, 2.05) is 11.8 Å². The van der Waals surface area contributed by atoms with Crippen LogP contribution in [0, 0.1) is 5.92 Å². The second-order valence-electron chi connectivity index (χ2n) is 4.91. The summed E-state index contributed by atoms with van der Waals surface area (Å²) in [7, 11) is 0. The number of aliphatic imine (C=N–C) groups is 1. The summed E-state index contributed by atoms with van der Waals surface area (Å²) >= 11 is 1.96. The Kier molecular flexibility index (Phi) is 5.16. The van der Waals surface area contributed by atoms with Gasteiger partial charge in [0.1, 0.15) is 0 Å². The van der Waals surface area contributed by atoms with Crippen molar-refractivity contribution in [2.24, 2.45) is 10.9 Å². The van der Waals surface area contributed by atoms with Gasteiger partial charge in [0.15, 0.2) is 5.17 Å². The van der Waals surface area contributed by atoms with E-state index < -0.39 is 0 Å². The summed E-state index contributed by atoms with van der Waals surface area (Å²) < 4.78 is 5.37. The Morgan fingerprint density at radius 2 is 2.06 bits per heavy atom. The van der Waals surface area contributed by atoms with Crippen molar-refractivity contribution in [2.75, 3.05) is 19.8 Å². The van der Waals surface area contributed by atoms with Gasteiger partial charge in [-0.25, -0.2) is 0 Å². The van der Waals surface area contributed by atoms with E-state index in [1.54, 1.807) is 0 Å². The van der Waals surface area contributed by atoms with Gasteiger partial charge >= 0.3 is 0 Å². The molecule has 4 heteroatoms. The van der Waals surface area contributed by atoms with E-state index in [9.17, 15) is 0 Å². The first-order valence-electron chi connectivity index (χ1n) is 6.88. The predicted molar refractivity (Wildman–Crippen MR) is 74.7 cm³/mol. The Labute approximate surface area is 109 Å². The minimum Gasteiger partial charge on any atom is -0.381 e. The molecule has 1 atom stereocenters. The molecular formula is C13H24N2OS. The smallest absolute Gasteiger partial charge is 0.157 e. The standard InChI is InChI=1S/C13H24N2OS/c1-3-10(4-2)12-9-14-13(17-12)15-11-5-7-16-8-6-11/h10-12H,3-9H2,1-2H3,(H,14,15). The Morgan fingerprint density at radius 3 is 2.71 bits per heavy atom. The Morgan fingerprint density at radius 1 is 1.35 bits per heavy atom. The zero-order chi connectivity index (χ0) is 12.1. The summed E-state index contributed by atoms with van der Waals surface area (Å²) in [6.07, 6.45) is 4.78. The first-order valence-corrected chi connectivity index (χ1v) is 7.76. The lowest BCUT2D eigenvalue weighted by atomic mass is 9.99. The number of thioether (sulfide) groups is 1. The second-order valence-corrected chi connectivity index (χ2v) is 6.14. The average molecular weight is 256 g/mol. The molecule has 1 unspecified atom stereocenters. The van der Waals surface area contributed by atoms with Crippen molar-refractivity contribution in [3.05, 3.63) is 0 Å². The summed E-state index contributed by atoms with van der Waals surface area (Å²) in [5.74, 6) is 0.817. The topological polar surface area (TPSA) is 33.6 Å². The van der Waals surface area contributed by atoms with E-state index in [0.29, 0.717) is 11.3 Å². The van der Waals surface area contributed by atoms with E-state index in [1.165, 1.54) is 18.0 Å². The molecule has 3 nitrogen and oxygen atoms in total. The molecule has 0 aromatic rings. The third-order valence-electron chi connectivity index (χ3n) is 3.80. The fourth-order valence-electron chi connectivity index (χ4n) is 2.55. The van der Waals surface area contributed by atoms with Crippen molar-refractivity contribution in [3.63, 3.8) is 0 Å². The highest BCUT2D eigenvalue weighted by atomic mass is 32.2. The number of rotatable bonds is 4. The molecule has 1 fully saturated rings. The van der Waals surface area contributed by atoms with E-state index in [-0.39, 0.29) is 0 Å².